The summed E-state index contributed by atoms with van der Waals surface area (Å²) in [6.45, 7) is 1.08. The second kappa shape index (κ2) is 5.81. The van der Waals surface area contributed by atoms with Gasteiger partial charge in [0, 0.05) is 19.2 Å². The monoisotopic (exact) mass is 276 g/mol. The number of amides is 1. The summed E-state index contributed by atoms with van der Waals surface area (Å²) < 4.78 is 5.34. The Morgan fingerprint density at radius 2 is 2.30 bits per heavy atom. The van der Waals surface area contributed by atoms with Gasteiger partial charge in [-0.05, 0) is 36.5 Å². The lowest BCUT2D eigenvalue weighted by Gasteiger charge is -2.21. The summed E-state index contributed by atoms with van der Waals surface area (Å²) in [5.41, 5.74) is 1.85. The summed E-state index contributed by atoms with van der Waals surface area (Å²) in [7, 11) is 0. The van der Waals surface area contributed by atoms with Gasteiger partial charge in [-0.2, -0.15) is 0 Å². The van der Waals surface area contributed by atoms with Crippen LogP contribution in [0.1, 0.15) is 24.8 Å². The van der Waals surface area contributed by atoms with Gasteiger partial charge in [0.2, 0.25) is 0 Å². The predicted octanol–water partition coefficient (Wildman–Crippen LogP) is 1.27. The second-order valence-corrected chi connectivity index (χ2v) is 5.53. The molecule has 0 saturated heterocycles. The van der Waals surface area contributed by atoms with Crippen LogP contribution < -0.4 is 15.4 Å². The Hall–Kier alpha value is -1.59. The molecule has 1 amide bonds. The minimum absolute atomic E-state index is 0.0881. The zero-order valence-corrected chi connectivity index (χ0v) is 11.4. The van der Waals surface area contributed by atoms with Crippen molar-refractivity contribution in [1.82, 2.24) is 5.32 Å². The van der Waals surface area contributed by atoms with Crippen LogP contribution in [0.2, 0.25) is 0 Å². The van der Waals surface area contributed by atoms with Gasteiger partial charge in [0.25, 0.3) is 5.91 Å². The Kier molecular flexibility index (Phi) is 3.89. The van der Waals surface area contributed by atoms with Gasteiger partial charge in [-0.3, -0.25) is 4.79 Å². The quantitative estimate of drug-likeness (QED) is 0.774. The summed E-state index contributed by atoms with van der Waals surface area (Å²) >= 11 is 0. The van der Waals surface area contributed by atoms with E-state index in [9.17, 15) is 9.90 Å². The normalized spacial score (nSPS) is 24.9. The van der Waals surface area contributed by atoms with E-state index >= 15 is 0 Å². The number of ether oxygens (including phenoxy) is 1. The highest BCUT2D eigenvalue weighted by molar-refractivity contribution is 5.95. The van der Waals surface area contributed by atoms with Crippen molar-refractivity contribution in [2.45, 2.75) is 31.8 Å². The molecule has 1 saturated carbocycles. The second-order valence-electron chi connectivity index (χ2n) is 5.53. The molecule has 5 heteroatoms. The molecule has 1 fully saturated rings. The number of benzene rings is 1. The fourth-order valence-electron chi connectivity index (χ4n) is 3.01. The molecular formula is C15H20N2O3. The van der Waals surface area contributed by atoms with Crippen LogP contribution in [0.3, 0.4) is 0 Å². The molecule has 0 spiro atoms. The van der Waals surface area contributed by atoms with E-state index in [-0.39, 0.29) is 19.1 Å². The van der Waals surface area contributed by atoms with E-state index in [1.807, 2.05) is 18.2 Å². The maximum absolute atomic E-state index is 11.3. The molecule has 1 aliphatic carbocycles. The molecule has 3 N–H and O–H groups in total. The highest BCUT2D eigenvalue weighted by Crippen LogP contribution is 2.29. The van der Waals surface area contributed by atoms with E-state index < -0.39 is 0 Å². The number of carbonyl (C=O) groups is 1. The number of nitrogens with one attached hydrogen (secondary N) is 2. The average Bonchev–Trinajstić information content (AvgIpc) is 2.92. The molecule has 108 valence electrons. The molecule has 1 aromatic rings. The Labute approximate surface area is 118 Å². The SMILES string of the molecule is O=C1COc2ccc(CNC3CCCC3CO)cc2N1. The van der Waals surface area contributed by atoms with E-state index in [1.54, 1.807) is 0 Å². The van der Waals surface area contributed by atoms with Crippen molar-refractivity contribution in [2.75, 3.05) is 18.5 Å². The third kappa shape index (κ3) is 2.78. The Bertz CT molecular complexity index is 504. The molecule has 2 unspecified atom stereocenters. The van der Waals surface area contributed by atoms with Gasteiger partial charge in [-0.25, -0.2) is 0 Å². The largest absolute Gasteiger partial charge is 0.482 e. The van der Waals surface area contributed by atoms with E-state index in [4.69, 9.17) is 4.74 Å². The molecule has 2 atom stereocenters. The van der Waals surface area contributed by atoms with Crippen molar-refractivity contribution < 1.29 is 14.6 Å². The van der Waals surface area contributed by atoms with E-state index in [2.05, 4.69) is 10.6 Å². The number of carbonyl (C=O) groups excluding carboxylic acids is 1. The van der Waals surface area contributed by atoms with Crippen LogP contribution in [0.25, 0.3) is 0 Å². The molecule has 20 heavy (non-hydrogen) atoms. The number of fused-ring (bicyclic) bond motifs is 1. The number of hydrogen-bond donors (Lipinski definition) is 3. The Morgan fingerprint density at radius 1 is 1.40 bits per heavy atom. The Morgan fingerprint density at radius 3 is 3.15 bits per heavy atom. The zero-order chi connectivity index (χ0) is 13.9. The van der Waals surface area contributed by atoms with Crippen LogP contribution in [0, 0.1) is 5.92 Å². The van der Waals surface area contributed by atoms with Crippen LogP contribution >= 0.6 is 0 Å². The van der Waals surface area contributed by atoms with Gasteiger partial charge in [0.15, 0.2) is 6.61 Å². The maximum atomic E-state index is 11.3. The fraction of sp³-hybridized carbons (Fsp3) is 0.533. The Balaban J connectivity index is 1.63. The molecule has 0 aromatic heterocycles. The lowest BCUT2D eigenvalue weighted by Crippen LogP contribution is -2.33. The van der Waals surface area contributed by atoms with Crippen molar-refractivity contribution in [3.8, 4) is 5.75 Å². The van der Waals surface area contributed by atoms with Gasteiger partial charge in [0.05, 0.1) is 5.69 Å². The molecule has 1 heterocycles. The highest BCUT2D eigenvalue weighted by atomic mass is 16.5. The zero-order valence-electron chi connectivity index (χ0n) is 11.4. The van der Waals surface area contributed by atoms with Crippen LogP contribution in [-0.4, -0.2) is 30.3 Å². The van der Waals surface area contributed by atoms with Crippen LogP contribution in [0.5, 0.6) is 5.75 Å². The average molecular weight is 276 g/mol. The topological polar surface area (TPSA) is 70.6 Å². The summed E-state index contributed by atoms with van der Waals surface area (Å²) in [5, 5.41) is 15.6. The molecular weight excluding hydrogens is 256 g/mol. The van der Waals surface area contributed by atoms with Crippen LogP contribution in [0.4, 0.5) is 5.69 Å². The van der Waals surface area contributed by atoms with Gasteiger partial charge in [0.1, 0.15) is 5.75 Å². The maximum Gasteiger partial charge on any atom is 0.262 e. The smallest absolute Gasteiger partial charge is 0.262 e. The molecule has 3 rings (SSSR count). The molecule has 2 aliphatic rings. The molecule has 0 bridgehead atoms. The molecule has 1 aromatic carbocycles. The van der Waals surface area contributed by atoms with Gasteiger partial charge in [-0.15, -0.1) is 0 Å². The van der Waals surface area contributed by atoms with E-state index in [0.717, 1.165) is 36.4 Å². The van der Waals surface area contributed by atoms with Crippen molar-refractivity contribution in [2.24, 2.45) is 5.92 Å². The summed E-state index contributed by atoms with van der Waals surface area (Å²) in [6.07, 6.45) is 3.40. The number of anilines is 1. The van der Waals surface area contributed by atoms with Crippen molar-refractivity contribution in [3.05, 3.63) is 23.8 Å². The minimum Gasteiger partial charge on any atom is -0.482 e. The van der Waals surface area contributed by atoms with Gasteiger partial charge < -0.3 is 20.5 Å². The molecule has 5 nitrogen and oxygen atoms in total. The first-order chi connectivity index (χ1) is 9.76. The highest BCUT2D eigenvalue weighted by Gasteiger charge is 2.26. The lowest BCUT2D eigenvalue weighted by molar-refractivity contribution is -0.118. The summed E-state index contributed by atoms with van der Waals surface area (Å²) in [5.74, 6) is 0.983. The lowest BCUT2D eigenvalue weighted by atomic mass is 10.0. The van der Waals surface area contributed by atoms with Crippen LogP contribution in [0.15, 0.2) is 18.2 Å². The summed E-state index contributed by atoms with van der Waals surface area (Å²) in [4.78, 5) is 11.3. The molecule has 0 radical (unpaired) electrons. The summed E-state index contributed by atoms with van der Waals surface area (Å²) in [6, 6.07) is 6.24. The van der Waals surface area contributed by atoms with Gasteiger partial charge >= 0.3 is 0 Å². The number of rotatable bonds is 4. The standard InChI is InChI=1S/C15H20N2O3/c18-8-11-2-1-3-12(11)16-7-10-4-5-14-13(6-10)17-15(19)9-20-14/h4-6,11-12,16,18H,1-3,7-9H2,(H,17,19). The first-order valence-electron chi connectivity index (χ1n) is 7.16. The minimum atomic E-state index is -0.112. The van der Waals surface area contributed by atoms with Crippen molar-refractivity contribution in [1.29, 1.82) is 0 Å². The van der Waals surface area contributed by atoms with Crippen LogP contribution in [-0.2, 0) is 11.3 Å². The van der Waals surface area contributed by atoms with E-state index in [1.165, 1.54) is 6.42 Å². The predicted molar refractivity (Wildman–Crippen MR) is 75.6 cm³/mol. The van der Waals surface area contributed by atoms with Gasteiger partial charge in [-0.1, -0.05) is 12.5 Å². The van der Waals surface area contributed by atoms with E-state index in [0.29, 0.717) is 12.0 Å². The molecule has 1 aliphatic heterocycles. The number of hydrogen-bond acceptors (Lipinski definition) is 4. The number of aliphatic hydroxyl groups is 1. The first kappa shape index (κ1) is 13.4. The third-order valence-corrected chi connectivity index (χ3v) is 4.14. The first-order valence-corrected chi connectivity index (χ1v) is 7.16. The van der Waals surface area contributed by atoms with Crippen molar-refractivity contribution in [3.63, 3.8) is 0 Å². The fourth-order valence-corrected chi connectivity index (χ4v) is 3.01. The van der Waals surface area contributed by atoms with Crippen molar-refractivity contribution >= 4 is 11.6 Å². The third-order valence-electron chi connectivity index (χ3n) is 4.14. The number of aliphatic hydroxyl groups excluding tert-OH is 1.